The summed E-state index contributed by atoms with van der Waals surface area (Å²) in [6.07, 6.45) is 0.870. The lowest BCUT2D eigenvalue weighted by Crippen LogP contribution is -2.48. The van der Waals surface area contributed by atoms with Crippen LogP contribution in [-0.2, 0) is 29.5 Å². The first-order valence-electron chi connectivity index (χ1n) is 13.0. The molecule has 0 saturated heterocycles. The molecular weight excluding hydrogens is 620 g/mol. The molecule has 3 rings (SSSR count). The average molecular weight is 653 g/mol. The molecule has 238 valence electrons. The highest BCUT2D eigenvalue weighted by atomic mass is 32.2. The van der Waals surface area contributed by atoms with Gasteiger partial charge in [-0.25, -0.2) is 26.3 Å². The fourth-order valence-corrected chi connectivity index (χ4v) is 5.73. The minimum atomic E-state index is -3.96. The van der Waals surface area contributed by atoms with E-state index >= 15 is 0 Å². The number of benzene rings is 3. The van der Waals surface area contributed by atoms with Gasteiger partial charge in [-0.05, 0) is 61.4 Å². The monoisotopic (exact) mass is 652 g/mol. The standard InChI is InChI=1S/C26H32N6O10S2/c1-41-13-3-11-27-43(37,38)17-5-8-22(33)20(15-17)30-29-19-7-10-24(35)25(26(19)36)32-31-21-16-18(6-9-23(21)34)44(39,40)28-12-4-14-42-2/h5-10,15-16,27-28,30-31,33-34H,3-4,11-14H2,1-2H3. The molecule has 16 nitrogen and oxygen atoms in total. The molecule has 0 aliphatic heterocycles. The fraction of sp³-hybridized carbons (Fsp3) is 0.308. The van der Waals surface area contributed by atoms with E-state index in [0.717, 1.165) is 42.5 Å². The van der Waals surface area contributed by atoms with Crippen LogP contribution >= 0.6 is 0 Å². The van der Waals surface area contributed by atoms with Gasteiger partial charge < -0.3 is 19.7 Å². The van der Waals surface area contributed by atoms with E-state index in [1.165, 1.54) is 20.3 Å². The van der Waals surface area contributed by atoms with Crippen LogP contribution in [0.4, 0.5) is 11.4 Å². The maximum absolute atomic E-state index is 13.0. The van der Waals surface area contributed by atoms with Crippen LogP contribution in [0.2, 0.25) is 0 Å². The van der Waals surface area contributed by atoms with E-state index < -0.39 is 42.0 Å². The SMILES string of the molecule is COCCCNS(=O)(=O)c1ccc(O)c(NN=c2ccc(=O)c(=NNc3cc(S(=O)(=O)NCCCOC)ccc3O)c2=O)c1. The highest BCUT2D eigenvalue weighted by Gasteiger charge is 2.17. The molecule has 0 aliphatic rings. The van der Waals surface area contributed by atoms with Crippen molar-refractivity contribution in [3.63, 3.8) is 0 Å². The van der Waals surface area contributed by atoms with E-state index in [2.05, 4.69) is 30.5 Å². The minimum Gasteiger partial charge on any atom is -0.506 e. The van der Waals surface area contributed by atoms with E-state index in [1.807, 2.05) is 0 Å². The largest absolute Gasteiger partial charge is 0.506 e. The van der Waals surface area contributed by atoms with Crippen molar-refractivity contribution in [1.82, 2.24) is 9.44 Å². The summed E-state index contributed by atoms with van der Waals surface area (Å²) < 4.78 is 64.9. The topological polar surface area (TPSA) is 234 Å². The van der Waals surface area contributed by atoms with Crippen LogP contribution in [0, 0.1) is 0 Å². The lowest BCUT2D eigenvalue weighted by molar-refractivity contribution is 0.196. The van der Waals surface area contributed by atoms with Crippen LogP contribution in [0.3, 0.4) is 0 Å². The number of ether oxygens (including phenoxy) is 2. The molecule has 0 radical (unpaired) electrons. The first-order valence-corrected chi connectivity index (χ1v) is 15.9. The molecule has 0 aromatic heterocycles. The number of methoxy groups -OCH3 is 2. The molecule has 0 atom stereocenters. The lowest BCUT2D eigenvalue weighted by Gasteiger charge is -2.09. The third kappa shape index (κ3) is 9.15. The lowest BCUT2D eigenvalue weighted by atomic mass is 10.3. The highest BCUT2D eigenvalue weighted by Crippen LogP contribution is 2.27. The summed E-state index contributed by atoms with van der Waals surface area (Å²) in [4.78, 5) is 25.0. The van der Waals surface area contributed by atoms with Crippen molar-refractivity contribution in [3.8, 4) is 11.5 Å². The number of aromatic hydroxyl groups is 2. The maximum atomic E-state index is 13.0. The summed E-state index contributed by atoms with van der Waals surface area (Å²) in [5.74, 6) is -0.780. The van der Waals surface area contributed by atoms with Gasteiger partial charge >= 0.3 is 0 Å². The van der Waals surface area contributed by atoms with Gasteiger partial charge in [-0.1, -0.05) is 0 Å². The van der Waals surface area contributed by atoms with E-state index in [-0.39, 0.29) is 45.4 Å². The quantitative estimate of drug-likeness (QED) is 0.0633. The Labute approximate surface area is 252 Å². The molecule has 0 spiro atoms. The van der Waals surface area contributed by atoms with Crippen molar-refractivity contribution in [1.29, 1.82) is 0 Å². The molecule has 0 fully saturated rings. The van der Waals surface area contributed by atoms with Crippen molar-refractivity contribution >= 4 is 31.4 Å². The second-order valence-corrected chi connectivity index (χ2v) is 12.6. The Hall–Kier alpha value is -4.20. The van der Waals surface area contributed by atoms with E-state index in [1.54, 1.807) is 0 Å². The number of anilines is 2. The Balaban J connectivity index is 1.87. The molecule has 6 N–H and O–H groups in total. The molecule has 0 heterocycles. The van der Waals surface area contributed by atoms with Crippen LogP contribution in [0.25, 0.3) is 0 Å². The number of phenolic OH excluding ortho intramolecular Hbond substituents is 2. The normalized spacial score (nSPS) is 12.9. The first-order chi connectivity index (χ1) is 20.9. The summed E-state index contributed by atoms with van der Waals surface area (Å²) in [5.41, 5.74) is 2.64. The zero-order valence-corrected chi connectivity index (χ0v) is 25.4. The van der Waals surface area contributed by atoms with Crippen molar-refractivity contribution in [2.75, 3.05) is 51.4 Å². The van der Waals surface area contributed by atoms with Gasteiger partial charge in [0.05, 0.1) is 21.2 Å². The molecule has 3 aromatic rings. The Morgan fingerprint density at radius 2 is 1.18 bits per heavy atom. The number of phenols is 2. The zero-order chi connectivity index (χ0) is 32.3. The smallest absolute Gasteiger partial charge is 0.240 e. The van der Waals surface area contributed by atoms with Gasteiger partial charge in [0.15, 0.2) is 5.36 Å². The van der Waals surface area contributed by atoms with Gasteiger partial charge in [0.1, 0.15) is 16.9 Å². The summed E-state index contributed by atoms with van der Waals surface area (Å²) >= 11 is 0. The molecule has 0 amide bonds. The van der Waals surface area contributed by atoms with Crippen LogP contribution in [0.5, 0.6) is 11.5 Å². The van der Waals surface area contributed by atoms with Crippen LogP contribution < -0.4 is 41.9 Å². The maximum Gasteiger partial charge on any atom is 0.240 e. The Bertz CT molecular complexity index is 1910. The molecular formula is C26H32N6O10S2. The molecule has 3 aromatic carbocycles. The summed E-state index contributed by atoms with van der Waals surface area (Å²) in [6.45, 7) is 0.935. The third-order valence-corrected chi connectivity index (χ3v) is 8.77. The average Bonchev–Trinajstić information content (AvgIpc) is 2.98. The summed E-state index contributed by atoms with van der Waals surface area (Å²) in [7, 11) is -4.91. The predicted octanol–water partition coefficient (Wildman–Crippen LogP) is -0.821. The Kier molecular flexibility index (Phi) is 12.1. The molecule has 0 saturated carbocycles. The van der Waals surface area contributed by atoms with Crippen molar-refractivity contribution < 1.29 is 36.5 Å². The van der Waals surface area contributed by atoms with Gasteiger partial charge in [0.25, 0.3) is 0 Å². The molecule has 18 heteroatoms. The van der Waals surface area contributed by atoms with Gasteiger partial charge in [-0.2, -0.15) is 10.2 Å². The zero-order valence-electron chi connectivity index (χ0n) is 23.7. The van der Waals surface area contributed by atoms with Gasteiger partial charge in [0.2, 0.25) is 30.9 Å². The predicted molar refractivity (Wildman–Crippen MR) is 159 cm³/mol. The van der Waals surface area contributed by atoms with Crippen LogP contribution in [0.1, 0.15) is 12.8 Å². The van der Waals surface area contributed by atoms with Crippen LogP contribution in [-0.4, -0.2) is 67.6 Å². The van der Waals surface area contributed by atoms with Gasteiger partial charge in [0, 0.05) is 40.5 Å². The Morgan fingerprint density at radius 3 is 1.66 bits per heavy atom. The third-order valence-electron chi connectivity index (χ3n) is 5.85. The number of nitrogens with one attached hydrogen (secondary N) is 4. The molecule has 0 bridgehead atoms. The highest BCUT2D eigenvalue weighted by molar-refractivity contribution is 7.89. The van der Waals surface area contributed by atoms with Crippen molar-refractivity contribution in [3.05, 3.63) is 79.7 Å². The summed E-state index contributed by atoms with van der Waals surface area (Å²) in [6, 6.07) is 8.83. The number of sulfonamides is 2. The second kappa shape index (κ2) is 15.5. The summed E-state index contributed by atoms with van der Waals surface area (Å²) in [5, 5.41) is 27.1. The van der Waals surface area contributed by atoms with E-state index in [4.69, 9.17) is 9.47 Å². The Morgan fingerprint density at radius 1 is 0.705 bits per heavy atom. The minimum absolute atomic E-state index is 0.108. The molecule has 44 heavy (non-hydrogen) atoms. The number of nitrogens with zero attached hydrogens (tertiary/aromatic N) is 2. The van der Waals surface area contributed by atoms with Crippen molar-refractivity contribution in [2.24, 2.45) is 10.2 Å². The van der Waals surface area contributed by atoms with E-state index in [0.29, 0.717) is 26.1 Å². The number of rotatable bonds is 16. The van der Waals surface area contributed by atoms with Crippen LogP contribution in [0.15, 0.2) is 78.1 Å². The molecule has 0 unspecified atom stereocenters. The number of hydrogen-bond donors (Lipinski definition) is 6. The van der Waals surface area contributed by atoms with E-state index in [9.17, 15) is 36.6 Å². The van der Waals surface area contributed by atoms with Gasteiger partial charge in [-0.3, -0.25) is 20.4 Å². The molecule has 0 aliphatic carbocycles. The fourth-order valence-electron chi connectivity index (χ4n) is 3.53. The second-order valence-electron chi connectivity index (χ2n) is 9.05. The first kappa shape index (κ1) is 34.3. The number of hydrogen-bond acceptors (Lipinski definition) is 14. The van der Waals surface area contributed by atoms with Gasteiger partial charge in [-0.15, -0.1) is 0 Å². The van der Waals surface area contributed by atoms with Crippen molar-refractivity contribution in [2.45, 2.75) is 22.6 Å².